The van der Waals surface area contributed by atoms with Crippen molar-refractivity contribution >= 4 is 23.5 Å². The second-order valence-electron chi connectivity index (χ2n) is 6.12. The standard InChI is InChI=1S/C20H30ClNO3/c1-3-5-6-15-22(16-14-20(24)25-4-2)19(23)9-7-8-17-10-12-18(21)13-11-17/h10-13H,3-9,14-16H2,1-2H3. The molecule has 1 aromatic rings. The van der Waals surface area contributed by atoms with Gasteiger partial charge in [-0.2, -0.15) is 0 Å². The topological polar surface area (TPSA) is 46.6 Å². The van der Waals surface area contributed by atoms with Crippen molar-refractivity contribution in [2.75, 3.05) is 19.7 Å². The van der Waals surface area contributed by atoms with Gasteiger partial charge in [-0.15, -0.1) is 0 Å². The molecule has 140 valence electrons. The average Bonchev–Trinajstić information content (AvgIpc) is 2.60. The van der Waals surface area contributed by atoms with E-state index in [0.29, 0.717) is 26.1 Å². The monoisotopic (exact) mass is 367 g/mol. The zero-order valence-corrected chi connectivity index (χ0v) is 16.2. The van der Waals surface area contributed by atoms with Crippen LogP contribution in [0.25, 0.3) is 0 Å². The summed E-state index contributed by atoms with van der Waals surface area (Å²) in [5, 5.41) is 0.723. The average molecular weight is 368 g/mol. The van der Waals surface area contributed by atoms with Gasteiger partial charge in [-0.25, -0.2) is 0 Å². The molecule has 0 aromatic heterocycles. The van der Waals surface area contributed by atoms with E-state index in [0.717, 1.165) is 37.1 Å². The van der Waals surface area contributed by atoms with Crippen LogP contribution in [0.2, 0.25) is 5.02 Å². The second kappa shape index (κ2) is 12.8. The van der Waals surface area contributed by atoms with Crippen molar-refractivity contribution in [3.8, 4) is 0 Å². The van der Waals surface area contributed by atoms with Gasteiger partial charge < -0.3 is 9.64 Å². The molecule has 0 heterocycles. The number of ether oxygens (including phenoxy) is 1. The summed E-state index contributed by atoms with van der Waals surface area (Å²) < 4.78 is 4.96. The molecule has 0 saturated carbocycles. The van der Waals surface area contributed by atoms with Crippen molar-refractivity contribution in [1.82, 2.24) is 4.90 Å². The lowest BCUT2D eigenvalue weighted by molar-refractivity contribution is -0.144. The van der Waals surface area contributed by atoms with Crippen molar-refractivity contribution in [1.29, 1.82) is 0 Å². The summed E-state index contributed by atoms with van der Waals surface area (Å²) in [5.41, 5.74) is 1.18. The summed E-state index contributed by atoms with van der Waals surface area (Å²) in [7, 11) is 0. The van der Waals surface area contributed by atoms with Crippen LogP contribution in [-0.4, -0.2) is 36.5 Å². The van der Waals surface area contributed by atoms with Gasteiger partial charge in [0.2, 0.25) is 5.91 Å². The number of hydrogen-bond donors (Lipinski definition) is 0. The highest BCUT2D eigenvalue weighted by molar-refractivity contribution is 6.30. The van der Waals surface area contributed by atoms with Crippen LogP contribution in [0.15, 0.2) is 24.3 Å². The number of carbonyl (C=O) groups excluding carboxylic acids is 2. The fraction of sp³-hybridized carbons (Fsp3) is 0.600. The van der Waals surface area contributed by atoms with E-state index in [1.807, 2.05) is 29.2 Å². The lowest BCUT2D eigenvalue weighted by Gasteiger charge is -2.22. The van der Waals surface area contributed by atoms with Gasteiger partial charge in [0.25, 0.3) is 0 Å². The molecule has 1 rings (SSSR count). The Hall–Kier alpha value is -1.55. The lowest BCUT2D eigenvalue weighted by Crippen LogP contribution is -2.34. The quantitative estimate of drug-likeness (QED) is 0.399. The molecule has 0 N–H and O–H groups in total. The van der Waals surface area contributed by atoms with Crippen LogP contribution < -0.4 is 0 Å². The van der Waals surface area contributed by atoms with Gasteiger partial charge in [0, 0.05) is 24.5 Å². The smallest absolute Gasteiger partial charge is 0.307 e. The van der Waals surface area contributed by atoms with E-state index in [2.05, 4.69) is 6.92 Å². The lowest BCUT2D eigenvalue weighted by atomic mass is 10.1. The minimum atomic E-state index is -0.239. The first-order valence-electron chi connectivity index (χ1n) is 9.24. The van der Waals surface area contributed by atoms with Gasteiger partial charge in [-0.05, 0) is 43.9 Å². The van der Waals surface area contributed by atoms with Crippen molar-refractivity contribution in [3.63, 3.8) is 0 Å². The SMILES string of the molecule is CCCCCN(CCC(=O)OCC)C(=O)CCCc1ccc(Cl)cc1. The van der Waals surface area contributed by atoms with Crippen molar-refractivity contribution in [2.24, 2.45) is 0 Å². The highest BCUT2D eigenvalue weighted by Crippen LogP contribution is 2.12. The predicted octanol–water partition coefficient (Wildman–Crippen LogP) is 4.63. The van der Waals surface area contributed by atoms with Crippen LogP contribution in [-0.2, 0) is 20.7 Å². The third-order valence-electron chi connectivity index (χ3n) is 4.04. The van der Waals surface area contributed by atoms with E-state index < -0.39 is 0 Å². The van der Waals surface area contributed by atoms with Crippen molar-refractivity contribution in [2.45, 2.75) is 58.8 Å². The number of unbranched alkanes of at least 4 members (excludes halogenated alkanes) is 2. The molecule has 0 aliphatic carbocycles. The van der Waals surface area contributed by atoms with Crippen LogP contribution >= 0.6 is 11.6 Å². The molecule has 4 nitrogen and oxygen atoms in total. The van der Waals surface area contributed by atoms with Crippen LogP contribution in [0.1, 0.15) is 57.9 Å². The van der Waals surface area contributed by atoms with Gasteiger partial charge >= 0.3 is 5.97 Å². The van der Waals surface area contributed by atoms with Gasteiger partial charge in [-0.1, -0.05) is 43.5 Å². The zero-order valence-electron chi connectivity index (χ0n) is 15.4. The molecule has 0 aliphatic heterocycles. The Labute approximate surface area is 156 Å². The number of aryl methyl sites for hydroxylation is 1. The number of carbonyl (C=O) groups is 2. The van der Waals surface area contributed by atoms with E-state index in [4.69, 9.17) is 16.3 Å². The number of amides is 1. The van der Waals surface area contributed by atoms with Gasteiger partial charge in [0.05, 0.1) is 13.0 Å². The molecular formula is C20H30ClNO3. The molecule has 0 aliphatic rings. The summed E-state index contributed by atoms with van der Waals surface area (Å²) in [6.45, 7) is 5.47. The Morgan fingerprint density at radius 1 is 1.00 bits per heavy atom. The third kappa shape index (κ3) is 9.49. The molecule has 0 spiro atoms. The van der Waals surface area contributed by atoms with E-state index in [1.165, 1.54) is 5.56 Å². The van der Waals surface area contributed by atoms with E-state index in [1.54, 1.807) is 6.92 Å². The Morgan fingerprint density at radius 2 is 1.72 bits per heavy atom. The highest BCUT2D eigenvalue weighted by atomic mass is 35.5. The molecular weight excluding hydrogens is 338 g/mol. The van der Waals surface area contributed by atoms with Crippen LogP contribution in [0.5, 0.6) is 0 Å². The molecule has 25 heavy (non-hydrogen) atoms. The number of esters is 1. The second-order valence-corrected chi connectivity index (χ2v) is 6.56. The van der Waals surface area contributed by atoms with E-state index >= 15 is 0 Å². The Balaban J connectivity index is 2.43. The number of benzene rings is 1. The molecule has 0 bridgehead atoms. The summed E-state index contributed by atoms with van der Waals surface area (Å²) >= 11 is 5.88. The fourth-order valence-corrected chi connectivity index (χ4v) is 2.75. The van der Waals surface area contributed by atoms with Gasteiger partial charge in [-0.3, -0.25) is 9.59 Å². The van der Waals surface area contributed by atoms with Crippen molar-refractivity contribution in [3.05, 3.63) is 34.9 Å². The van der Waals surface area contributed by atoms with Gasteiger partial charge in [0.15, 0.2) is 0 Å². The molecule has 0 saturated heterocycles. The number of nitrogens with zero attached hydrogens (tertiary/aromatic N) is 1. The highest BCUT2D eigenvalue weighted by Gasteiger charge is 2.15. The maximum Gasteiger partial charge on any atom is 0.307 e. The summed E-state index contributed by atoms with van der Waals surface area (Å²) in [6.07, 6.45) is 5.58. The minimum Gasteiger partial charge on any atom is -0.466 e. The molecule has 0 unspecified atom stereocenters. The Morgan fingerprint density at radius 3 is 2.36 bits per heavy atom. The number of rotatable bonds is 12. The zero-order chi connectivity index (χ0) is 18.5. The molecule has 1 aromatic carbocycles. The van der Waals surface area contributed by atoms with Crippen LogP contribution in [0.3, 0.4) is 0 Å². The maximum atomic E-state index is 12.5. The van der Waals surface area contributed by atoms with E-state index in [-0.39, 0.29) is 18.3 Å². The van der Waals surface area contributed by atoms with Crippen LogP contribution in [0.4, 0.5) is 0 Å². The first kappa shape index (κ1) is 21.5. The fourth-order valence-electron chi connectivity index (χ4n) is 2.63. The first-order valence-corrected chi connectivity index (χ1v) is 9.62. The van der Waals surface area contributed by atoms with Crippen LogP contribution in [0, 0.1) is 0 Å². The Bertz CT molecular complexity index is 516. The Kier molecular flexibility index (Phi) is 11.0. The predicted molar refractivity (Wildman–Crippen MR) is 102 cm³/mol. The largest absolute Gasteiger partial charge is 0.466 e. The summed E-state index contributed by atoms with van der Waals surface area (Å²) in [4.78, 5) is 25.9. The van der Waals surface area contributed by atoms with Gasteiger partial charge in [0.1, 0.15) is 0 Å². The normalized spacial score (nSPS) is 10.5. The molecule has 0 atom stereocenters. The summed E-state index contributed by atoms with van der Waals surface area (Å²) in [6, 6.07) is 7.73. The summed E-state index contributed by atoms with van der Waals surface area (Å²) in [5.74, 6) is -0.119. The number of hydrogen-bond acceptors (Lipinski definition) is 3. The molecule has 0 radical (unpaired) electrons. The van der Waals surface area contributed by atoms with Crippen molar-refractivity contribution < 1.29 is 14.3 Å². The molecule has 5 heteroatoms. The molecule has 1 amide bonds. The third-order valence-corrected chi connectivity index (χ3v) is 4.30. The minimum absolute atomic E-state index is 0.120. The molecule has 0 fully saturated rings. The number of halogens is 1. The maximum absolute atomic E-state index is 12.5. The van der Waals surface area contributed by atoms with E-state index in [9.17, 15) is 9.59 Å². The first-order chi connectivity index (χ1) is 12.1.